The van der Waals surface area contributed by atoms with E-state index in [0.29, 0.717) is 12.3 Å². The predicted octanol–water partition coefficient (Wildman–Crippen LogP) is 13.0. The van der Waals surface area contributed by atoms with Gasteiger partial charge in [0.05, 0.1) is 11.2 Å². The standard InChI is InChI=1S/C48H28N2O2S/c1-3-11-28(12-4-1)48-49-39-22-31(19-20-44(39)52-48)34-26-47-38(37-21-29-13-7-8-14-30(29)23-46(37)53-47)25-41(34)50-40-17-6-2-5-15-32(40)35-24-36-33-16-9-10-18-43(33)51-45(36)27-42(35)50/h1,3-5,7-16,18,21-27H,2,19-20H2. The molecule has 6 aromatic carbocycles. The lowest BCUT2D eigenvalue weighted by atomic mass is 9.92. The first kappa shape index (κ1) is 29.0. The average molecular weight is 697 g/mol. The van der Waals surface area contributed by atoms with Crippen LogP contribution in [-0.4, -0.2) is 9.55 Å². The van der Waals surface area contributed by atoms with E-state index in [1.54, 1.807) is 0 Å². The highest BCUT2D eigenvalue weighted by Crippen LogP contribution is 2.45. The molecular formula is C48H28N2O2S. The summed E-state index contributed by atoms with van der Waals surface area (Å²) in [5.74, 6) is 8.65. The molecule has 0 amide bonds. The SMILES string of the molecule is C1#Cc2c(c3cc4c(cc3n2-c2cc3c(cc2C2=Cc5nc(-c6ccccc6)oc5CC2)sc2cc5ccccc5cc23)oc2ccccc24)C=CC1. The Morgan fingerprint density at radius 3 is 2.42 bits per heavy atom. The van der Waals surface area contributed by atoms with Gasteiger partial charge >= 0.3 is 0 Å². The average Bonchev–Trinajstić information content (AvgIpc) is 3.91. The van der Waals surface area contributed by atoms with Crippen LogP contribution in [0.5, 0.6) is 0 Å². The van der Waals surface area contributed by atoms with Gasteiger partial charge in [-0.1, -0.05) is 78.7 Å². The highest BCUT2D eigenvalue weighted by Gasteiger charge is 2.26. The van der Waals surface area contributed by atoms with E-state index in [9.17, 15) is 0 Å². The number of nitrogens with zero attached hydrogens (tertiary/aromatic N) is 2. The molecule has 2 aliphatic carbocycles. The lowest BCUT2D eigenvalue weighted by molar-refractivity contribution is 0.517. The number of benzene rings is 6. The summed E-state index contributed by atoms with van der Waals surface area (Å²) in [7, 11) is 0. The fraction of sp³-hybridized carbons (Fsp3) is 0.0625. The van der Waals surface area contributed by atoms with E-state index in [-0.39, 0.29) is 0 Å². The van der Waals surface area contributed by atoms with Crippen LogP contribution in [0.1, 0.15) is 41.1 Å². The Labute approximate surface area is 307 Å². The minimum absolute atomic E-state index is 0.666. The van der Waals surface area contributed by atoms with Crippen molar-refractivity contribution in [2.45, 2.75) is 19.3 Å². The zero-order valence-electron chi connectivity index (χ0n) is 28.4. The van der Waals surface area contributed by atoms with Gasteiger partial charge in [-0.3, -0.25) is 0 Å². The molecule has 0 N–H and O–H groups in total. The van der Waals surface area contributed by atoms with E-state index >= 15 is 0 Å². The Balaban J connectivity index is 1.17. The molecule has 0 unspecified atom stereocenters. The van der Waals surface area contributed by atoms with Crippen LogP contribution in [-0.2, 0) is 6.42 Å². The maximum absolute atomic E-state index is 6.49. The molecule has 4 heterocycles. The monoisotopic (exact) mass is 696 g/mol. The van der Waals surface area contributed by atoms with Crippen molar-refractivity contribution in [1.29, 1.82) is 0 Å². The second-order valence-corrected chi connectivity index (χ2v) is 15.1. The smallest absolute Gasteiger partial charge is 0.226 e. The minimum atomic E-state index is 0.666. The second-order valence-electron chi connectivity index (χ2n) is 14.0. The van der Waals surface area contributed by atoms with Crippen molar-refractivity contribution in [2.24, 2.45) is 0 Å². The molecular weight excluding hydrogens is 669 g/mol. The molecule has 4 aromatic heterocycles. The van der Waals surface area contributed by atoms with Gasteiger partial charge in [-0.05, 0) is 83.3 Å². The molecule has 248 valence electrons. The van der Waals surface area contributed by atoms with Crippen molar-refractivity contribution >= 4 is 92.8 Å². The van der Waals surface area contributed by atoms with E-state index in [1.807, 2.05) is 41.7 Å². The number of hydrogen-bond acceptors (Lipinski definition) is 4. The number of oxazole rings is 1. The maximum Gasteiger partial charge on any atom is 0.226 e. The zero-order chi connectivity index (χ0) is 34.6. The lowest BCUT2D eigenvalue weighted by Gasteiger charge is -2.19. The fourth-order valence-corrected chi connectivity index (χ4v) is 9.60. The maximum atomic E-state index is 6.49. The highest BCUT2D eigenvalue weighted by molar-refractivity contribution is 7.25. The van der Waals surface area contributed by atoms with E-state index in [2.05, 4.69) is 120 Å². The Kier molecular flexibility index (Phi) is 5.99. The number of para-hydroxylation sites is 1. The summed E-state index contributed by atoms with van der Waals surface area (Å²) in [4.78, 5) is 5.01. The molecule has 0 bridgehead atoms. The molecule has 0 radical (unpaired) electrons. The molecule has 0 saturated heterocycles. The van der Waals surface area contributed by atoms with E-state index in [0.717, 1.165) is 74.3 Å². The molecule has 2 aliphatic rings. The second kappa shape index (κ2) is 10.9. The number of aryl methyl sites for hydroxylation is 1. The van der Waals surface area contributed by atoms with Gasteiger partial charge in [-0.15, -0.1) is 11.3 Å². The third-order valence-corrected chi connectivity index (χ3v) is 12.1. The van der Waals surface area contributed by atoms with E-state index in [4.69, 9.17) is 13.8 Å². The first-order valence-corrected chi connectivity index (χ1v) is 18.9. The van der Waals surface area contributed by atoms with Gasteiger partial charge < -0.3 is 13.4 Å². The summed E-state index contributed by atoms with van der Waals surface area (Å²) in [6.45, 7) is 0. The van der Waals surface area contributed by atoms with Crippen LogP contribution in [0.4, 0.5) is 0 Å². The quantitative estimate of drug-likeness (QED) is 0.173. The summed E-state index contributed by atoms with van der Waals surface area (Å²) in [5, 5.41) is 8.44. The van der Waals surface area contributed by atoms with Crippen LogP contribution in [0.15, 0.2) is 130 Å². The molecule has 0 saturated carbocycles. The fourth-order valence-electron chi connectivity index (χ4n) is 8.44. The summed E-state index contributed by atoms with van der Waals surface area (Å²) in [5.41, 5.74) is 10.4. The Hall–Kier alpha value is -6.61. The summed E-state index contributed by atoms with van der Waals surface area (Å²) >= 11 is 1.86. The van der Waals surface area contributed by atoms with E-state index < -0.39 is 0 Å². The van der Waals surface area contributed by atoms with Crippen molar-refractivity contribution in [3.05, 3.63) is 150 Å². The number of fused-ring (bicyclic) bond motifs is 11. The Bertz CT molecular complexity index is 3320. The van der Waals surface area contributed by atoms with Crippen molar-refractivity contribution < 1.29 is 8.83 Å². The summed E-state index contributed by atoms with van der Waals surface area (Å²) in [6, 6.07) is 41.2. The lowest BCUT2D eigenvalue weighted by Crippen LogP contribution is -2.05. The minimum Gasteiger partial charge on any atom is -0.456 e. The summed E-state index contributed by atoms with van der Waals surface area (Å²) in [6.07, 6.45) is 9.00. The van der Waals surface area contributed by atoms with E-state index in [1.165, 1.54) is 47.5 Å². The van der Waals surface area contributed by atoms with Crippen molar-refractivity contribution in [3.8, 4) is 29.0 Å². The third-order valence-electron chi connectivity index (χ3n) is 10.9. The number of furan rings is 1. The van der Waals surface area contributed by atoms with Crippen LogP contribution in [0.2, 0.25) is 0 Å². The van der Waals surface area contributed by atoms with Gasteiger partial charge in [0.15, 0.2) is 0 Å². The first-order chi connectivity index (χ1) is 26.2. The van der Waals surface area contributed by atoms with Crippen molar-refractivity contribution in [3.63, 3.8) is 0 Å². The number of hydrogen-bond donors (Lipinski definition) is 0. The molecule has 10 aromatic rings. The zero-order valence-corrected chi connectivity index (χ0v) is 29.3. The van der Waals surface area contributed by atoms with Gasteiger partial charge in [0, 0.05) is 71.9 Å². The molecule has 0 spiro atoms. The first-order valence-electron chi connectivity index (χ1n) is 18.0. The van der Waals surface area contributed by atoms with Gasteiger partial charge in [0.1, 0.15) is 28.3 Å². The Morgan fingerprint density at radius 1 is 0.679 bits per heavy atom. The van der Waals surface area contributed by atoms with Crippen LogP contribution < -0.4 is 0 Å². The summed E-state index contributed by atoms with van der Waals surface area (Å²) < 4.78 is 17.8. The van der Waals surface area contributed by atoms with Crippen molar-refractivity contribution in [2.75, 3.05) is 0 Å². The number of allylic oxidation sites excluding steroid dienone is 2. The molecule has 0 atom stereocenters. The predicted molar refractivity (Wildman–Crippen MR) is 220 cm³/mol. The number of thiophene rings is 1. The third kappa shape index (κ3) is 4.34. The van der Waals surface area contributed by atoms with Crippen molar-refractivity contribution in [1.82, 2.24) is 9.55 Å². The van der Waals surface area contributed by atoms with Crippen LogP contribution in [0.3, 0.4) is 0 Å². The van der Waals surface area contributed by atoms with Gasteiger partial charge in [-0.2, -0.15) is 0 Å². The van der Waals surface area contributed by atoms with Gasteiger partial charge in [0.25, 0.3) is 0 Å². The molecule has 4 nitrogen and oxygen atoms in total. The normalized spacial score (nSPS) is 13.8. The molecule has 0 fully saturated rings. The number of aromatic nitrogens is 2. The molecule has 5 heteroatoms. The largest absolute Gasteiger partial charge is 0.456 e. The van der Waals surface area contributed by atoms with Gasteiger partial charge in [0.2, 0.25) is 5.89 Å². The van der Waals surface area contributed by atoms with Crippen LogP contribution in [0, 0.1) is 11.8 Å². The number of rotatable bonds is 3. The molecule has 53 heavy (non-hydrogen) atoms. The molecule has 0 aliphatic heterocycles. The van der Waals surface area contributed by atoms with Gasteiger partial charge in [-0.25, -0.2) is 4.98 Å². The van der Waals surface area contributed by atoms with Crippen LogP contribution >= 0.6 is 11.3 Å². The highest BCUT2D eigenvalue weighted by atomic mass is 32.1. The Morgan fingerprint density at radius 2 is 1.49 bits per heavy atom. The van der Waals surface area contributed by atoms with Crippen LogP contribution in [0.25, 0.3) is 98.7 Å². The molecule has 12 rings (SSSR count). The topological polar surface area (TPSA) is 44.1 Å².